The lowest BCUT2D eigenvalue weighted by atomic mass is 9.97. The Kier molecular flexibility index (Phi) is 10.2. The first-order valence-electron chi connectivity index (χ1n) is 25.0. The monoisotopic (exact) mass is 930 g/mol. The minimum Gasteiger partial charge on any atom is -0.454 e. The molecule has 0 N–H and O–H groups in total. The van der Waals surface area contributed by atoms with Crippen molar-refractivity contribution in [3.8, 4) is 61.3 Å². The number of aromatic nitrogens is 1. The Morgan fingerprint density at radius 2 is 0.699 bits per heavy atom. The smallest absolute Gasteiger partial charge is 0.160 e. The van der Waals surface area contributed by atoms with Crippen LogP contribution >= 0.6 is 0 Å². The van der Waals surface area contributed by atoms with E-state index >= 15 is 0 Å². The average molecular weight is 931 g/mol. The summed E-state index contributed by atoms with van der Waals surface area (Å²) in [5.74, 6) is 0. The summed E-state index contributed by atoms with van der Waals surface area (Å²) >= 11 is 0. The van der Waals surface area contributed by atoms with Gasteiger partial charge in [-0.05, 0) is 127 Å². The van der Waals surface area contributed by atoms with Crippen molar-refractivity contribution in [2.24, 2.45) is 0 Å². The van der Waals surface area contributed by atoms with Crippen LogP contribution in [0.15, 0.2) is 283 Å². The maximum Gasteiger partial charge on any atom is 0.160 e. The maximum absolute atomic E-state index is 6.79. The van der Waals surface area contributed by atoms with Crippen molar-refractivity contribution >= 4 is 71.6 Å². The van der Waals surface area contributed by atoms with Crippen LogP contribution in [0.5, 0.6) is 0 Å². The highest BCUT2D eigenvalue weighted by molar-refractivity contribution is 6.23. The Hall–Kier alpha value is -9.70. The van der Waals surface area contributed by atoms with Crippen molar-refractivity contribution in [1.29, 1.82) is 0 Å². The number of furan rings is 1. The van der Waals surface area contributed by atoms with E-state index in [1.165, 1.54) is 71.7 Å². The molecule has 0 aliphatic rings. The van der Waals surface area contributed by atoms with E-state index in [4.69, 9.17) is 4.42 Å². The van der Waals surface area contributed by atoms with Crippen molar-refractivity contribution < 1.29 is 4.42 Å². The summed E-state index contributed by atoms with van der Waals surface area (Å²) in [6, 6.07) is 101. The molecule has 342 valence electrons. The van der Waals surface area contributed by atoms with Crippen LogP contribution in [0.2, 0.25) is 0 Å². The topological polar surface area (TPSA) is 21.3 Å². The molecule has 0 spiro atoms. The van der Waals surface area contributed by atoms with Gasteiger partial charge in [0.15, 0.2) is 5.58 Å². The van der Waals surface area contributed by atoms with Crippen LogP contribution in [0.3, 0.4) is 0 Å². The Balaban J connectivity index is 0.770. The summed E-state index contributed by atoms with van der Waals surface area (Å²) in [5, 5.41) is 7.09. The summed E-state index contributed by atoms with van der Waals surface area (Å²) < 4.78 is 9.20. The zero-order chi connectivity index (χ0) is 48.2. The molecule has 14 rings (SSSR count). The van der Waals surface area contributed by atoms with Crippen molar-refractivity contribution in [2.75, 3.05) is 4.90 Å². The van der Waals surface area contributed by atoms with Gasteiger partial charge in [-0.25, -0.2) is 0 Å². The summed E-state index contributed by atoms with van der Waals surface area (Å²) in [6.45, 7) is 0. The second-order valence-corrected chi connectivity index (χ2v) is 18.9. The van der Waals surface area contributed by atoms with Crippen molar-refractivity contribution in [3.63, 3.8) is 0 Å². The molecule has 3 nitrogen and oxygen atoms in total. The molecule has 0 unspecified atom stereocenters. The third-order valence-corrected chi connectivity index (χ3v) is 14.6. The number of anilines is 3. The predicted molar refractivity (Wildman–Crippen MR) is 307 cm³/mol. The fraction of sp³-hybridized carbons (Fsp3) is 0. The standard InChI is InChI=1S/C70H46N2O/c1-3-13-47(14-4-1)52-31-38-58(39-32-52)71(67-46-57-17-7-8-18-61(57)69-64-20-10-12-22-68(64)73-70(67)69)59-40-33-54(34-41-59)51-25-23-49(24-26-51)50-27-29-55(30-28-50)56-37-44-63-62-19-9-11-21-65(62)72(66(63)45-56)60-42-35-53(36-43-60)48-15-5-2-6-16-48/h1-46H. The Morgan fingerprint density at radius 1 is 0.288 bits per heavy atom. The minimum atomic E-state index is 0.866. The molecule has 0 amide bonds. The van der Waals surface area contributed by atoms with Gasteiger partial charge in [-0.15, -0.1) is 0 Å². The molecule has 0 aliphatic carbocycles. The van der Waals surface area contributed by atoms with E-state index in [2.05, 4.69) is 282 Å². The number of hydrogen-bond acceptors (Lipinski definition) is 2. The van der Waals surface area contributed by atoms with Crippen LogP contribution in [0.4, 0.5) is 17.1 Å². The minimum absolute atomic E-state index is 0.866. The quantitative estimate of drug-likeness (QED) is 0.144. The SMILES string of the molecule is c1ccc(-c2ccc(N(c3ccc(-c4ccc(-c5ccc(-c6ccc7c8ccccc8n(-c8ccc(-c9ccccc9)cc8)c7c6)cc5)cc4)cc3)c3cc4ccccc4c4c3oc3ccccc34)cc2)cc1. The molecular formula is C70H46N2O. The van der Waals surface area contributed by atoms with Gasteiger partial charge < -0.3 is 13.9 Å². The zero-order valence-electron chi connectivity index (χ0n) is 39.9. The van der Waals surface area contributed by atoms with Gasteiger partial charge in [0.05, 0.1) is 16.7 Å². The molecule has 0 bridgehead atoms. The van der Waals surface area contributed by atoms with Crippen molar-refractivity contribution in [1.82, 2.24) is 4.57 Å². The second-order valence-electron chi connectivity index (χ2n) is 18.9. The van der Waals surface area contributed by atoms with Crippen LogP contribution < -0.4 is 4.90 Å². The van der Waals surface area contributed by atoms with E-state index in [0.717, 1.165) is 61.2 Å². The molecule has 3 heteroatoms. The molecule has 0 aliphatic heterocycles. The van der Waals surface area contributed by atoms with Gasteiger partial charge in [-0.3, -0.25) is 0 Å². The van der Waals surface area contributed by atoms with Crippen LogP contribution in [0.25, 0.3) is 116 Å². The lowest BCUT2D eigenvalue weighted by Gasteiger charge is -2.26. The van der Waals surface area contributed by atoms with Crippen molar-refractivity contribution in [2.45, 2.75) is 0 Å². The summed E-state index contributed by atoms with van der Waals surface area (Å²) in [7, 11) is 0. The van der Waals surface area contributed by atoms with E-state index < -0.39 is 0 Å². The highest BCUT2D eigenvalue weighted by atomic mass is 16.3. The first-order chi connectivity index (χ1) is 36.2. The number of para-hydroxylation sites is 2. The lowest BCUT2D eigenvalue weighted by molar-refractivity contribution is 0.669. The molecule has 14 aromatic rings. The molecule has 0 saturated heterocycles. The molecule has 0 fully saturated rings. The normalized spacial score (nSPS) is 11.6. The fourth-order valence-corrected chi connectivity index (χ4v) is 11.0. The number of rotatable bonds is 9. The van der Waals surface area contributed by atoms with Gasteiger partial charge in [0.1, 0.15) is 5.58 Å². The number of nitrogens with zero attached hydrogens (tertiary/aromatic N) is 2. The maximum atomic E-state index is 6.79. The van der Waals surface area contributed by atoms with Gasteiger partial charge in [0.25, 0.3) is 0 Å². The number of hydrogen-bond donors (Lipinski definition) is 0. The molecule has 0 radical (unpaired) electrons. The van der Waals surface area contributed by atoms with Crippen molar-refractivity contribution in [3.05, 3.63) is 279 Å². The fourth-order valence-electron chi connectivity index (χ4n) is 11.0. The summed E-state index contributed by atoms with van der Waals surface area (Å²) in [5.41, 5.74) is 20.2. The van der Waals surface area contributed by atoms with E-state index in [9.17, 15) is 0 Å². The summed E-state index contributed by atoms with van der Waals surface area (Å²) in [4.78, 5) is 2.34. The summed E-state index contributed by atoms with van der Waals surface area (Å²) in [6.07, 6.45) is 0. The second kappa shape index (κ2) is 17.6. The molecule has 2 heterocycles. The van der Waals surface area contributed by atoms with Gasteiger partial charge in [0, 0.05) is 38.6 Å². The van der Waals surface area contributed by atoms with Gasteiger partial charge in [-0.2, -0.15) is 0 Å². The van der Waals surface area contributed by atoms with Gasteiger partial charge in [-0.1, -0.05) is 218 Å². The van der Waals surface area contributed by atoms with E-state index in [1.54, 1.807) is 0 Å². The molecular weight excluding hydrogens is 885 g/mol. The molecule has 0 saturated carbocycles. The third kappa shape index (κ3) is 7.46. The van der Waals surface area contributed by atoms with E-state index in [-0.39, 0.29) is 0 Å². The van der Waals surface area contributed by atoms with Gasteiger partial charge >= 0.3 is 0 Å². The first-order valence-corrected chi connectivity index (χ1v) is 25.0. The highest BCUT2D eigenvalue weighted by Crippen LogP contribution is 2.46. The molecule has 0 atom stereocenters. The predicted octanol–water partition coefficient (Wildman–Crippen LogP) is 19.6. The zero-order valence-corrected chi connectivity index (χ0v) is 39.9. The third-order valence-electron chi connectivity index (χ3n) is 14.6. The largest absolute Gasteiger partial charge is 0.454 e. The lowest BCUT2D eigenvalue weighted by Crippen LogP contribution is -2.10. The van der Waals surface area contributed by atoms with Crippen LogP contribution in [0, 0.1) is 0 Å². The Bertz CT molecular complexity index is 4310. The van der Waals surface area contributed by atoms with Crippen LogP contribution in [-0.2, 0) is 0 Å². The van der Waals surface area contributed by atoms with Gasteiger partial charge in [0.2, 0.25) is 0 Å². The average Bonchev–Trinajstić information content (AvgIpc) is 4.03. The number of fused-ring (bicyclic) bond motifs is 8. The molecule has 73 heavy (non-hydrogen) atoms. The van der Waals surface area contributed by atoms with E-state index in [1.807, 2.05) is 6.07 Å². The number of benzene rings is 12. The Labute approximate surface area is 423 Å². The Morgan fingerprint density at radius 3 is 1.27 bits per heavy atom. The first kappa shape index (κ1) is 42.2. The van der Waals surface area contributed by atoms with E-state index in [0.29, 0.717) is 0 Å². The van der Waals surface area contributed by atoms with Crippen LogP contribution in [-0.4, -0.2) is 4.57 Å². The molecule has 12 aromatic carbocycles. The van der Waals surface area contributed by atoms with Crippen LogP contribution in [0.1, 0.15) is 0 Å². The molecule has 2 aromatic heterocycles. The highest BCUT2D eigenvalue weighted by Gasteiger charge is 2.22.